The summed E-state index contributed by atoms with van der Waals surface area (Å²) < 4.78 is 0.774. The van der Waals surface area contributed by atoms with E-state index in [4.69, 9.17) is 0 Å². The van der Waals surface area contributed by atoms with Gasteiger partial charge in [-0.25, -0.2) is 0 Å². The van der Waals surface area contributed by atoms with Crippen molar-refractivity contribution in [2.24, 2.45) is 5.41 Å². The molecule has 0 aromatic heterocycles. The molecule has 0 amide bonds. The van der Waals surface area contributed by atoms with Crippen molar-refractivity contribution in [1.82, 2.24) is 0 Å². The zero-order valence-electron chi connectivity index (χ0n) is 13.8. The monoisotopic (exact) mass is 372 g/mol. The van der Waals surface area contributed by atoms with Gasteiger partial charge in [-0.1, -0.05) is 0 Å². The minimum absolute atomic E-state index is 0.745. The van der Waals surface area contributed by atoms with Crippen molar-refractivity contribution in [3.05, 3.63) is 0 Å². The molecule has 1 unspecified atom stereocenters. The Morgan fingerprint density at radius 1 is 0.737 bits per heavy atom. The average Bonchev–Trinajstić information content (AvgIpc) is 2.43. The summed E-state index contributed by atoms with van der Waals surface area (Å²) in [6.45, 7) is 7.11. The van der Waals surface area contributed by atoms with E-state index >= 15 is 0 Å². The fourth-order valence-electron chi connectivity index (χ4n) is 4.20. The maximum absolute atomic E-state index is 2.37. The minimum atomic E-state index is 0.745. The standard InChI is InChI=1S/C18H35.Sn.H/c1-4-7-12-17-13-10-11-16-18(17,14-8-5-2)15-9-6-3;;/h4-16H2,1-3H3;;. The van der Waals surface area contributed by atoms with Gasteiger partial charge in [0.25, 0.3) is 0 Å². The van der Waals surface area contributed by atoms with E-state index in [0.717, 1.165) is 8.85 Å². The Bertz CT molecular complexity index is 228. The van der Waals surface area contributed by atoms with Crippen LogP contribution in [-0.4, -0.2) is 22.5 Å². The molecule has 1 rings (SSSR count). The second-order valence-electron chi connectivity index (χ2n) is 6.95. The van der Waals surface area contributed by atoms with Gasteiger partial charge in [-0.3, -0.25) is 0 Å². The van der Waals surface area contributed by atoms with E-state index in [1.807, 2.05) is 0 Å². The molecule has 1 aliphatic carbocycles. The summed E-state index contributed by atoms with van der Waals surface area (Å²) in [7, 11) is 0. The molecule has 0 N–H and O–H groups in total. The van der Waals surface area contributed by atoms with Gasteiger partial charge in [-0.2, -0.15) is 0 Å². The summed E-state index contributed by atoms with van der Waals surface area (Å²) >= 11 is 1.51. The molecule has 0 aromatic rings. The first-order chi connectivity index (χ1) is 9.14. The fourth-order valence-corrected chi connectivity index (χ4v) is 6.60. The van der Waals surface area contributed by atoms with Crippen LogP contribution in [0.2, 0.25) is 3.43 Å². The van der Waals surface area contributed by atoms with Crippen LogP contribution < -0.4 is 0 Å². The van der Waals surface area contributed by atoms with Gasteiger partial charge in [0.05, 0.1) is 0 Å². The van der Waals surface area contributed by atoms with Crippen molar-refractivity contribution in [3.8, 4) is 0 Å². The first-order valence-electron chi connectivity index (χ1n) is 8.93. The fraction of sp³-hybridized carbons (Fsp3) is 1.00. The third kappa shape index (κ3) is 4.64. The molecule has 1 heteroatoms. The van der Waals surface area contributed by atoms with Gasteiger partial charge in [0, 0.05) is 0 Å². The Balaban J connectivity index is 2.84. The van der Waals surface area contributed by atoms with Gasteiger partial charge in [0.1, 0.15) is 0 Å². The van der Waals surface area contributed by atoms with Crippen LogP contribution >= 0.6 is 0 Å². The molecular formula is C18H36Sn. The Kier molecular flexibility index (Phi) is 8.41. The molecule has 0 saturated heterocycles. The molecule has 0 bridgehead atoms. The van der Waals surface area contributed by atoms with Crippen LogP contribution in [0, 0.1) is 5.41 Å². The molecule has 1 atom stereocenters. The number of hydrogen-bond acceptors (Lipinski definition) is 0. The first kappa shape index (κ1) is 17.8. The SMILES string of the molecule is CCCC[C]1([SnH])CCCCC1(CCCC)CCCC. The van der Waals surface area contributed by atoms with Crippen molar-refractivity contribution in [2.75, 3.05) is 0 Å². The van der Waals surface area contributed by atoms with Crippen LogP contribution in [0.25, 0.3) is 0 Å². The Hall–Kier alpha value is 0.799. The van der Waals surface area contributed by atoms with Crippen LogP contribution in [0.15, 0.2) is 0 Å². The van der Waals surface area contributed by atoms with Gasteiger partial charge < -0.3 is 0 Å². The van der Waals surface area contributed by atoms with Gasteiger partial charge in [0.15, 0.2) is 0 Å². The van der Waals surface area contributed by atoms with Crippen molar-refractivity contribution in [3.63, 3.8) is 0 Å². The average molecular weight is 371 g/mol. The molecule has 0 heterocycles. The van der Waals surface area contributed by atoms with Gasteiger partial charge >= 0.3 is 136 Å². The third-order valence-corrected chi connectivity index (χ3v) is 8.97. The van der Waals surface area contributed by atoms with Gasteiger partial charge in [-0.05, 0) is 0 Å². The molecule has 1 aliphatic rings. The topological polar surface area (TPSA) is 0 Å². The van der Waals surface area contributed by atoms with E-state index < -0.39 is 0 Å². The zero-order chi connectivity index (χ0) is 14.2. The van der Waals surface area contributed by atoms with Gasteiger partial charge in [-0.15, -0.1) is 0 Å². The summed E-state index contributed by atoms with van der Waals surface area (Å²) in [5, 5.41) is 0. The van der Waals surface area contributed by atoms with Crippen molar-refractivity contribution >= 4 is 22.5 Å². The summed E-state index contributed by atoms with van der Waals surface area (Å²) in [4.78, 5) is 0. The van der Waals surface area contributed by atoms with Crippen LogP contribution in [0.5, 0.6) is 0 Å². The van der Waals surface area contributed by atoms with E-state index in [2.05, 4.69) is 20.8 Å². The second-order valence-corrected chi connectivity index (χ2v) is 10.1. The Morgan fingerprint density at radius 2 is 1.21 bits per heavy atom. The molecular weight excluding hydrogens is 335 g/mol. The molecule has 1 fully saturated rings. The van der Waals surface area contributed by atoms with Crippen molar-refractivity contribution < 1.29 is 0 Å². The van der Waals surface area contributed by atoms with Crippen molar-refractivity contribution in [1.29, 1.82) is 0 Å². The summed E-state index contributed by atoms with van der Waals surface area (Å²) in [5.74, 6) is 0. The molecule has 2 radical (unpaired) electrons. The van der Waals surface area contributed by atoms with E-state index in [1.54, 1.807) is 19.3 Å². The first-order valence-corrected chi connectivity index (χ1v) is 10.6. The molecule has 19 heavy (non-hydrogen) atoms. The molecule has 0 spiro atoms. The summed E-state index contributed by atoms with van der Waals surface area (Å²) in [5.41, 5.74) is 0.745. The Labute approximate surface area is 135 Å². The summed E-state index contributed by atoms with van der Waals surface area (Å²) in [6, 6.07) is 0. The van der Waals surface area contributed by atoms with Crippen molar-refractivity contribution in [2.45, 2.75) is 108 Å². The maximum atomic E-state index is 2.37. The summed E-state index contributed by atoms with van der Waals surface area (Å²) in [6.07, 6.45) is 19.3. The van der Waals surface area contributed by atoms with E-state index in [0.29, 0.717) is 0 Å². The number of rotatable bonds is 9. The third-order valence-electron chi connectivity index (χ3n) is 5.58. The molecule has 0 nitrogen and oxygen atoms in total. The normalized spacial score (nSPS) is 26.5. The predicted molar refractivity (Wildman–Crippen MR) is 89.3 cm³/mol. The molecule has 0 aromatic carbocycles. The van der Waals surface area contributed by atoms with Crippen LogP contribution in [0.1, 0.15) is 104 Å². The predicted octanol–water partition coefficient (Wildman–Crippen LogP) is 6.18. The Morgan fingerprint density at radius 3 is 1.74 bits per heavy atom. The van der Waals surface area contributed by atoms with E-state index in [9.17, 15) is 0 Å². The van der Waals surface area contributed by atoms with Crippen LogP contribution in [0.3, 0.4) is 0 Å². The number of unbranched alkanes of at least 4 members (excludes halogenated alkanes) is 3. The second kappa shape index (κ2) is 8.95. The molecule has 112 valence electrons. The molecule has 0 aliphatic heterocycles. The van der Waals surface area contributed by atoms with Gasteiger partial charge in [0.2, 0.25) is 0 Å². The zero-order valence-corrected chi connectivity index (χ0v) is 17.1. The van der Waals surface area contributed by atoms with Crippen LogP contribution in [-0.2, 0) is 0 Å². The van der Waals surface area contributed by atoms with E-state index in [-0.39, 0.29) is 0 Å². The molecule has 1 saturated carbocycles. The quantitative estimate of drug-likeness (QED) is 0.425. The van der Waals surface area contributed by atoms with E-state index in [1.165, 1.54) is 86.7 Å². The number of hydrogen-bond donors (Lipinski definition) is 0. The van der Waals surface area contributed by atoms with Crippen LogP contribution in [0.4, 0.5) is 0 Å².